The standard InChI is InChI=1S/C9H22N.C8H20N.C8H16O2.C8H18O.C7H17N.C7H16O.C7H16.C6H13NO.C6H12O2.C6H14/c1-9(2)7-6-8-10(3,4)5;1-8(2)6-7-9(3,4)5;1-6(2)4-8(5-9)7(3)10;1-7(2)4-5-8(3)6-9;2*1-4-7(8)5-6(2)3;1-6(2)7(3,4)5;1-4(2)6(7)5(3)8;1-4(2)6(8)5(3)7;1-4-5-6(2)3/h9H,6-8H2,1-5H3;8H,6-7H2,1-5H3;6,8-9H,4-5H2,1-3H3;7-9H,4-6H2,1-3H3;6-7H,4-5,8H2,1-3H3;6-8H,4-5H2,1-3H3;6H,1-5H3;4,6H,7H2,1-3H3;4,6,8H,1-3H3;6H,4-5H2,1-3H3/q2*+1;;;;;;;;. The third-order valence-electron chi connectivity index (χ3n) is 13.4. The molecule has 0 aromatic carbocycles. The van der Waals surface area contributed by atoms with Crippen molar-refractivity contribution in [3.05, 3.63) is 0 Å². The van der Waals surface area contributed by atoms with Crippen molar-refractivity contribution in [2.45, 2.75) is 309 Å². The number of nitrogens with zero attached hydrogens (tertiary/aromatic N) is 2. The monoisotopic (exact) mass is 1200 g/mol. The third-order valence-corrected chi connectivity index (χ3v) is 13.4. The maximum absolute atomic E-state index is 10.8. The number of carbonyl (C=O) groups excluding carboxylic acids is 3. The van der Waals surface area contributed by atoms with Gasteiger partial charge in [0, 0.05) is 18.6 Å². The molecule has 0 amide bonds. The molecule has 0 heterocycles. The fourth-order valence-electron chi connectivity index (χ4n) is 6.27. The molecule has 0 radical (unpaired) electrons. The fraction of sp³-hybridized carbons (Fsp3) is 0.958. The topological polar surface area (TPSA) is 184 Å². The van der Waals surface area contributed by atoms with Gasteiger partial charge in [-0.3, -0.25) is 14.4 Å². The van der Waals surface area contributed by atoms with Gasteiger partial charge in [0.2, 0.25) is 0 Å². The lowest BCUT2D eigenvalue weighted by Gasteiger charge is -2.24. The van der Waals surface area contributed by atoms with E-state index in [1.54, 1.807) is 0 Å². The van der Waals surface area contributed by atoms with Crippen molar-refractivity contribution in [2.75, 3.05) is 68.6 Å². The van der Waals surface area contributed by atoms with E-state index in [0.717, 1.165) is 83.0 Å². The molecule has 0 fully saturated rings. The molecule has 0 aliphatic heterocycles. The number of carbonyl (C=O) groups is 3. The van der Waals surface area contributed by atoms with E-state index in [2.05, 4.69) is 181 Å². The second-order valence-electron chi connectivity index (χ2n) is 31.0. The maximum Gasteiger partial charge on any atom is 0.158 e. The summed E-state index contributed by atoms with van der Waals surface area (Å²) < 4.78 is 2.20. The van der Waals surface area contributed by atoms with Crippen molar-refractivity contribution in [1.29, 1.82) is 0 Å². The summed E-state index contributed by atoms with van der Waals surface area (Å²) in [5.74, 6) is 6.75. The van der Waals surface area contributed by atoms with E-state index >= 15 is 0 Å². The molecule has 0 saturated carbocycles. The summed E-state index contributed by atoms with van der Waals surface area (Å²) in [4.78, 5) is 31.5. The molecule has 0 spiro atoms. The van der Waals surface area contributed by atoms with Crippen LogP contribution in [-0.4, -0.2) is 140 Å². The molecule has 11 nitrogen and oxygen atoms in total. The van der Waals surface area contributed by atoms with Crippen LogP contribution in [0.3, 0.4) is 0 Å². The molecule has 6 unspecified atom stereocenters. The smallest absolute Gasteiger partial charge is 0.158 e. The lowest BCUT2D eigenvalue weighted by Crippen LogP contribution is -2.35. The highest BCUT2D eigenvalue weighted by Gasteiger charge is 2.16. The van der Waals surface area contributed by atoms with Crippen molar-refractivity contribution in [3.8, 4) is 0 Å². The summed E-state index contributed by atoms with van der Waals surface area (Å²) in [5.41, 5.74) is 11.6. The summed E-state index contributed by atoms with van der Waals surface area (Å²) in [5, 5.41) is 35.3. The molecule has 0 aromatic rings. The van der Waals surface area contributed by atoms with Gasteiger partial charge < -0.3 is 40.9 Å². The molecule has 0 aliphatic carbocycles. The number of Topliss-reactive ketones (excluding diaryl/α,β-unsaturated/α-hetero) is 3. The first-order chi connectivity index (χ1) is 37.2. The van der Waals surface area contributed by atoms with E-state index in [1.807, 2.05) is 48.5 Å². The quantitative estimate of drug-likeness (QED) is 0.0436. The minimum absolute atomic E-state index is 0.00644. The van der Waals surface area contributed by atoms with Crippen molar-refractivity contribution >= 4 is 17.3 Å². The van der Waals surface area contributed by atoms with Gasteiger partial charge >= 0.3 is 0 Å². The summed E-state index contributed by atoms with van der Waals surface area (Å²) in [6.07, 6.45) is 13.2. The van der Waals surface area contributed by atoms with E-state index in [9.17, 15) is 14.4 Å². The molecular weight excluding hydrogens is 1030 g/mol. The van der Waals surface area contributed by atoms with E-state index in [4.69, 9.17) is 31.9 Å². The van der Waals surface area contributed by atoms with Crippen LogP contribution in [0.5, 0.6) is 0 Å². The molecule has 512 valence electrons. The van der Waals surface area contributed by atoms with Crippen molar-refractivity contribution in [3.63, 3.8) is 0 Å². The highest BCUT2D eigenvalue weighted by Crippen LogP contribution is 2.23. The van der Waals surface area contributed by atoms with Gasteiger partial charge in [0.25, 0.3) is 0 Å². The van der Waals surface area contributed by atoms with Crippen LogP contribution >= 0.6 is 0 Å². The molecule has 83 heavy (non-hydrogen) atoms. The van der Waals surface area contributed by atoms with Crippen LogP contribution in [0.1, 0.15) is 285 Å². The van der Waals surface area contributed by atoms with E-state index < -0.39 is 6.10 Å². The summed E-state index contributed by atoms with van der Waals surface area (Å²) in [6, 6.07) is 0.157. The van der Waals surface area contributed by atoms with Crippen molar-refractivity contribution in [2.24, 2.45) is 87.9 Å². The van der Waals surface area contributed by atoms with Gasteiger partial charge in [-0.05, 0) is 149 Å². The van der Waals surface area contributed by atoms with Crippen LogP contribution in [-0.2, 0) is 14.4 Å². The molecule has 0 aromatic heterocycles. The minimum Gasteiger partial charge on any atom is -0.396 e. The summed E-state index contributed by atoms with van der Waals surface area (Å²) in [6.45, 7) is 65.4. The third kappa shape index (κ3) is 116. The molecule has 0 rings (SSSR count). The predicted molar refractivity (Wildman–Crippen MR) is 373 cm³/mol. The first-order valence-electron chi connectivity index (χ1n) is 33.4. The normalized spacial score (nSPS) is 13.4. The van der Waals surface area contributed by atoms with Gasteiger partial charge in [-0.15, -0.1) is 0 Å². The number of quaternary nitrogens is 2. The van der Waals surface area contributed by atoms with Crippen LogP contribution in [0.15, 0.2) is 0 Å². The average molecular weight is 1200 g/mol. The molecule has 11 heteroatoms. The van der Waals surface area contributed by atoms with Gasteiger partial charge in [-0.25, -0.2) is 0 Å². The Morgan fingerprint density at radius 2 is 0.819 bits per heavy atom. The maximum atomic E-state index is 10.8. The lowest BCUT2D eigenvalue weighted by atomic mass is 9.84. The van der Waals surface area contributed by atoms with Crippen LogP contribution in [0.2, 0.25) is 0 Å². The average Bonchev–Trinajstić information content (AvgIpc) is 3.31. The Bertz CT molecular complexity index is 1290. The zero-order chi connectivity index (χ0) is 68.8. The Balaban J connectivity index is -0.0000000894. The second kappa shape index (κ2) is 63.7. The Labute approximate surface area is 524 Å². The van der Waals surface area contributed by atoms with Crippen LogP contribution in [0.25, 0.3) is 0 Å². The first-order valence-corrected chi connectivity index (χ1v) is 33.4. The number of nitrogens with two attached hydrogens (primary N) is 2. The van der Waals surface area contributed by atoms with E-state index in [0.29, 0.717) is 35.8 Å². The number of aliphatic hydroxyl groups is 4. The molecular formula is C72H164N4O7+2. The number of aliphatic hydroxyl groups excluding tert-OH is 4. The lowest BCUT2D eigenvalue weighted by molar-refractivity contribution is -0.870. The highest BCUT2D eigenvalue weighted by atomic mass is 16.3. The zero-order valence-electron chi connectivity index (χ0n) is 63.6. The van der Waals surface area contributed by atoms with E-state index in [-0.39, 0.29) is 53.9 Å². The summed E-state index contributed by atoms with van der Waals surface area (Å²) >= 11 is 0. The van der Waals surface area contributed by atoms with Crippen molar-refractivity contribution in [1.82, 2.24) is 0 Å². The number of ketones is 3. The van der Waals surface area contributed by atoms with Gasteiger partial charge in [0.15, 0.2) is 5.78 Å². The molecule has 0 saturated heterocycles. The number of hydrogen-bond donors (Lipinski definition) is 6. The van der Waals surface area contributed by atoms with Crippen LogP contribution in [0, 0.1) is 76.4 Å². The molecule has 0 aliphatic rings. The number of rotatable bonds is 27. The second-order valence-corrected chi connectivity index (χ2v) is 31.0. The zero-order valence-corrected chi connectivity index (χ0v) is 63.6. The fourth-order valence-corrected chi connectivity index (χ4v) is 6.27. The SMILES string of the molecule is CC(=O)C(CO)CC(C)C.CC(=O)C(N)C(C)C.CC(=O)C(O)C(C)C.CC(C)C(C)(C)C.CC(C)CCC(C)CO.CC(C)CCC[N+](C)(C)C.CC(C)CC[N+](C)(C)C.CCC(N)CC(C)C.CCC(O)CC(C)C.CCCC(C)C. The Morgan fingerprint density at radius 3 is 0.940 bits per heavy atom. The van der Waals surface area contributed by atoms with E-state index in [1.165, 1.54) is 72.4 Å². The minimum atomic E-state index is -0.769. The largest absolute Gasteiger partial charge is 0.396 e. The van der Waals surface area contributed by atoms with Gasteiger partial charge in [0.05, 0.1) is 74.1 Å². The summed E-state index contributed by atoms with van der Waals surface area (Å²) in [7, 11) is 13.5. The predicted octanol–water partition coefficient (Wildman–Crippen LogP) is 17.0. The Kier molecular flexibility index (Phi) is 79.4. The Hall–Kier alpha value is -1.31. The van der Waals surface area contributed by atoms with Gasteiger partial charge in [-0.1, -0.05) is 206 Å². The molecule has 0 bridgehead atoms. The van der Waals surface area contributed by atoms with Gasteiger partial charge in [0.1, 0.15) is 17.7 Å². The highest BCUT2D eigenvalue weighted by molar-refractivity contribution is 5.81. The van der Waals surface area contributed by atoms with Crippen LogP contribution in [0.4, 0.5) is 0 Å². The van der Waals surface area contributed by atoms with Crippen LogP contribution < -0.4 is 11.5 Å². The van der Waals surface area contributed by atoms with Gasteiger partial charge in [-0.2, -0.15) is 0 Å². The number of hydrogen-bond acceptors (Lipinski definition) is 9. The molecule has 8 N–H and O–H groups in total. The van der Waals surface area contributed by atoms with Crippen molar-refractivity contribution < 1.29 is 43.8 Å². The first kappa shape index (κ1) is 103. The molecule has 6 atom stereocenters. The Morgan fingerprint density at radius 1 is 0.446 bits per heavy atom.